The molecule has 59 heavy (non-hydrogen) atoms. The van der Waals surface area contributed by atoms with Crippen LogP contribution in [0, 0.1) is 0 Å². The quantitative estimate of drug-likeness (QED) is 0.162. The molecule has 1 heteroatoms. The van der Waals surface area contributed by atoms with Crippen LogP contribution < -0.4 is 0 Å². The highest BCUT2D eigenvalue weighted by Gasteiger charge is 2.31. The Kier molecular flexibility index (Phi) is 8.89. The maximum atomic E-state index is 3.86. The van der Waals surface area contributed by atoms with Gasteiger partial charge in [0.25, 0.3) is 0 Å². The average Bonchev–Trinajstić information content (AvgIpc) is 3.57. The molecule has 0 atom stereocenters. The van der Waals surface area contributed by atoms with E-state index in [1.165, 1.54) is 111 Å². The first-order chi connectivity index (χ1) is 28.4. The number of hydrogen-bond acceptors (Lipinski definition) is 0. The highest BCUT2D eigenvalue weighted by molar-refractivity contribution is 9.10. The lowest BCUT2D eigenvalue weighted by atomic mass is 9.82. The molecule has 0 heterocycles. The largest absolute Gasteiger partial charge is 0.0622 e. The molecule has 1 aliphatic rings. The summed E-state index contributed by atoms with van der Waals surface area (Å²) in [6.45, 7) is 13.7. The molecule has 0 N–H and O–H groups in total. The van der Waals surface area contributed by atoms with Crippen LogP contribution in [-0.2, 0) is 10.8 Å². The summed E-state index contributed by atoms with van der Waals surface area (Å²) >= 11 is 3.86. The molecule has 0 bridgehead atoms. The topological polar surface area (TPSA) is 0 Å². The number of hydrogen-bond donors (Lipinski definition) is 0. The lowest BCUT2D eigenvalue weighted by Gasteiger charge is -2.20. The van der Waals surface area contributed by atoms with Crippen molar-refractivity contribution in [3.05, 3.63) is 192 Å². The summed E-state index contributed by atoms with van der Waals surface area (Å²) in [7, 11) is 0. The van der Waals surface area contributed by atoms with E-state index in [-0.39, 0.29) is 10.8 Å². The molecule has 0 amide bonds. The van der Waals surface area contributed by atoms with Crippen LogP contribution >= 0.6 is 15.9 Å². The highest BCUT2D eigenvalue weighted by Crippen LogP contribution is 2.58. The smallest absolute Gasteiger partial charge is 0.0181 e. The summed E-state index contributed by atoms with van der Waals surface area (Å²) in [5, 5.41) is 5.10. The molecular formula is C58H47Br. The summed E-state index contributed by atoms with van der Waals surface area (Å²) in [5.74, 6) is 0. The predicted octanol–water partition coefficient (Wildman–Crippen LogP) is 17.3. The summed E-state index contributed by atoms with van der Waals surface area (Å²) in [4.78, 5) is 0. The van der Waals surface area contributed by atoms with Crippen LogP contribution in [0.4, 0.5) is 0 Å². The summed E-state index contributed by atoms with van der Waals surface area (Å²) in [5.41, 5.74) is 20.4. The third-order valence-electron chi connectivity index (χ3n) is 12.4. The Morgan fingerprint density at radius 1 is 0.305 bits per heavy atom. The van der Waals surface area contributed by atoms with Gasteiger partial charge in [-0.1, -0.05) is 203 Å². The molecule has 0 radical (unpaired) electrons. The molecule has 0 spiro atoms. The maximum absolute atomic E-state index is 3.86. The Bertz CT molecular complexity index is 2990. The van der Waals surface area contributed by atoms with Gasteiger partial charge < -0.3 is 0 Å². The van der Waals surface area contributed by atoms with Crippen LogP contribution in [0.1, 0.15) is 52.7 Å². The fourth-order valence-electron chi connectivity index (χ4n) is 9.33. The van der Waals surface area contributed by atoms with Gasteiger partial charge in [0.05, 0.1) is 0 Å². The minimum atomic E-state index is 0.0889. The Morgan fingerprint density at radius 2 is 0.780 bits per heavy atom. The zero-order valence-electron chi connectivity index (χ0n) is 34.6. The SMILES string of the molecule is CC(C)(C)c1ccc(-c2cc(-c3ccc(C(C)(C)C)cc3)cc(-c3ccc4c5c(cccc35)-c3c-4c(-c4ccccc4)c4ccc(Br)cc4c3-c3ccccc3)c2)cc1. The second kappa shape index (κ2) is 14.1. The van der Waals surface area contributed by atoms with Gasteiger partial charge in [-0.25, -0.2) is 0 Å². The zero-order valence-corrected chi connectivity index (χ0v) is 36.2. The summed E-state index contributed by atoms with van der Waals surface area (Å²) in [6, 6.07) is 66.1. The van der Waals surface area contributed by atoms with Gasteiger partial charge in [0.15, 0.2) is 0 Å². The van der Waals surface area contributed by atoms with Crippen LogP contribution in [0.5, 0.6) is 0 Å². The number of fused-ring (bicyclic) bond motifs is 4. The van der Waals surface area contributed by atoms with E-state index in [0.29, 0.717) is 0 Å². The molecule has 0 aromatic heterocycles. The number of rotatable bonds is 5. The standard InChI is InChI=1S/C58H47Br/c1-57(2,3)43-24-20-36(21-25-43)40-32-41(37-22-26-44(27-23-37)58(4,5)6)34-42(33-40)46-30-31-50-54-47(46)18-13-19-49(54)55-53(39-16-11-8-12-17-39)51-35-45(59)28-29-48(51)52(56(50)55)38-14-9-7-10-15-38/h7-35H,1-6H3. The first kappa shape index (κ1) is 37.3. The summed E-state index contributed by atoms with van der Waals surface area (Å²) < 4.78 is 1.08. The molecule has 0 saturated carbocycles. The minimum absolute atomic E-state index is 0.0889. The fourth-order valence-corrected chi connectivity index (χ4v) is 9.69. The van der Waals surface area contributed by atoms with Crippen molar-refractivity contribution in [3.8, 4) is 77.9 Å². The zero-order chi connectivity index (χ0) is 40.6. The monoisotopic (exact) mass is 822 g/mol. The van der Waals surface area contributed by atoms with Crippen molar-refractivity contribution < 1.29 is 0 Å². The third-order valence-corrected chi connectivity index (χ3v) is 12.9. The van der Waals surface area contributed by atoms with Crippen LogP contribution in [0.15, 0.2) is 180 Å². The molecule has 0 unspecified atom stereocenters. The molecule has 286 valence electrons. The van der Waals surface area contributed by atoms with E-state index >= 15 is 0 Å². The Labute approximate surface area is 357 Å². The van der Waals surface area contributed by atoms with Gasteiger partial charge in [0.1, 0.15) is 0 Å². The second-order valence-electron chi connectivity index (χ2n) is 18.3. The van der Waals surface area contributed by atoms with Gasteiger partial charge in [-0.05, 0) is 152 Å². The van der Waals surface area contributed by atoms with E-state index in [0.717, 1.165) is 4.47 Å². The lowest BCUT2D eigenvalue weighted by molar-refractivity contribution is 0.590. The third kappa shape index (κ3) is 6.44. The van der Waals surface area contributed by atoms with Crippen molar-refractivity contribution >= 4 is 37.5 Å². The fraction of sp³-hybridized carbons (Fsp3) is 0.138. The Morgan fingerprint density at radius 3 is 1.31 bits per heavy atom. The number of halogens is 1. The van der Waals surface area contributed by atoms with Crippen molar-refractivity contribution in [2.24, 2.45) is 0 Å². The van der Waals surface area contributed by atoms with Crippen molar-refractivity contribution in [2.75, 3.05) is 0 Å². The van der Waals surface area contributed by atoms with Gasteiger partial charge in [-0.2, -0.15) is 0 Å². The molecule has 10 rings (SSSR count). The first-order valence-corrected chi connectivity index (χ1v) is 21.6. The Hall–Kier alpha value is -6.02. The maximum Gasteiger partial charge on any atom is 0.0181 e. The van der Waals surface area contributed by atoms with E-state index in [1.54, 1.807) is 0 Å². The normalized spacial score (nSPS) is 12.3. The van der Waals surface area contributed by atoms with Crippen molar-refractivity contribution in [2.45, 2.75) is 52.4 Å². The Balaban J connectivity index is 1.25. The highest BCUT2D eigenvalue weighted by atomic mass is 79.9. The van der Waals surface area contributed by atoms with Crippen molar-refractivity contribution in [3.63, 3.8) is 0 Å². The lowest BCUT2D eigenvalue weighted by Crippen LogP contribution is -2.10. The van der Waals surface area contributed by atoms with Crippen LogP contribution in [0.25, 0.3) is 99.4 Å². The molecule has 0 nitrogen and oxygen atoms in total. The molecular weight excluding hydrogens is 777 g/mol. The molecule has 1 aliphatic carbocycles. The van der Waals surface area contributed by atoms with Crippen LogP contribution in [-0.4, -0.2) is 0 Å². The van der Waals surface area contributed by atoms with E-state index < -0.39 is 0 Å². The van der Waals surface area contributed by atoms with E-state index in [9.17, 15) is 0 Å². The second-order valence-corrected chi connectivity index (χ2v) is 19.2. The minimum Gasteiger partial charge on any atom is -0.0622 e. The summed E-state index contributed by atoms with van der Waals surface area (Å²) in [6.07, 6.45) is 0. The van der Waals surface area contributed by atoms with Crippen molar-refractivity contribution in [1.82, 2.24) is 0 Å². The van der Waals surface area contributed by atoms with Gasteiger partial charge in [-0.15, -0.1) is 0 Å². The van der Waals surface area contributed by atoms with Gasteiger partial charge in [0, 0.05) is 4.47 Å². The van der Waals surface area contributed by atoms with Crippen molar-refractivity contribution in [1.29, 1.82) is 0 Å². The molecule has 9 aromatic carbocycles. The van der Waals surface area contributed by atoms with Gasteiger partial charge >= 0.3 is 0 Å². The first-order valence-electron chi connectivity index (χ1n) is 20.8. The van der Waals surface area contributed by atoms with Crippen LogP contribution in [0.3, 0.4) is 0 Å². The predicted molar refractivity (Wildman–Crippen MR) is 258 cm³/mol. The van der Waals surface area contributed by atoms with Gasteiger partial charge in [-0.3, -0.25) is 0 Å². The molecule has 0 aliphatic heterocycles. The molecule has 9 aromatic rings. The molecule has 0 saturated heterocycles. The molecule has 0 fully saturated rings. The van der Waals surface area contributed by atoms with Crippen LogP contribution in [0.2, 0.25) is 0 Å². The van der Waals surface area contributed by atoms with E-state index in [2.05, 4.69) is 233 Å². The average molecular weight is 824 g/mol. The van der Waals surface area contributed by atoms with E-state index in [4.69, 9.17) is 0 Å². The number of benzene rings is 9. The van der Waals surface area contributed by atoms with Gasteiger partial charge in [0.2, 0.25) is 0 Å². The van der Waals surface area contributed by atoms with E-state index in [1.807, 2.05) is 0 Å².